The van der Waals surface area contributed by atoms with Crippen LogP contribution in [-0.4, -0.2) is 28.8 Å². The van der Waals surface area contributed by atoms with E-state index in [2.05, 4.69) is 27.9 Å². The van der Waals surface area contributed by atoms with Gasteiger partial charge in [0.15, 0.2) is 0 Å². The number of ether oxygens (including phenoxy) is 1. The Morgan fingerprint density at radius 2 is 1.83 bits per heavy atom. The van der Waals surface area contributed by atoms with E-state index in [0.717, 1.165) is 28.9 Å². The minimum atomic E-state index is -0.104. The number of hydrogen-bond acceptors (Lipinski definition) is 4. The molecule has 6 nitrogen and oxygen atoms in total. The Balaban J connectivity index is 1.30. The summed E-state index contributed by atoms with van der Waals surface area (Å²) in [6.07, 6.45) is 3.84. The fourth-order valence-corrected chi connectivity index (χ4v) is 3.72. The Morgan fingerprint density at radius 1 is 1.10 bits per heavy atom. The van der Waals surface area contributed by atoms with Crippen LogP contribution in [0.25, 0.3) is 0 Å². The van der Waals surface area contributed by atoms with Crippen molar-refractivity contribution in [2.24, 2.45) is 13.0 Å². The molecule has 150 valence electrons. The number of benzene rings is 2. The second kappa shape index (κ2) is 9.03. The SMILES string of the molecule is Cn1cc([C@H]2CNC[C@@H]2C(=O)Nc2ccc(COCc3ccccc3)cc2)cn1. The number of hydrogen-bond donors (Lipinski definition) is 2. The van der Waals surface area contributed by atoms with Crippen LogP contribution in [0.1, 0.15) is 22.6 Å². The lowest BCUT2D eigenvalue weighted by atomic mass is 9.90. The zero-order chi connectivity index (χ0) is 20.1. The van der Waals surface area contributed by atoms with Crippen LogP contribution >= 0.6 is 0 Å². The van der Waals surface area contributed by atoms with E-state index in [-0.39, 0.29) is 17.7 Å². The molecule has 0 saturated carbocycles. The van der Waals surface area contributed by atoms with Gasteiger partial charge >= 0.3 is 0 Å². The third kappa shape index (κ3) is 4.91. The molecule has 2 heterocycles. The van der Waals surface area contributed by atoms with Gasteiger partial charge in [0.05, 0.1) is 25.3 Å². The highest BCUT2D eigenvalue weighted by atomic mass is 16.5. The molecule has 2 atom stereocenters. The van der Waals surface area contributed by atoms with E-state index < -0.39 is 0 Å². The lowest BCUT2D eigenvalue weighted by Gasteiger charge is -2.17. The number of aromatic nitrogens is 2. The maximum absolute atomic E-state index is 12.8. The molecule has 0 unspecified atom stereocenters. The molecule has 1 aromatic heterocycles. The summed E-state index contributed by atoms with van der Waals surface area (Å²) in [7, 11) is 1.89. The number of amides is 1. The van der Waals surface area contributed by atoms with Crippen LogP contribution in [0.3, 0.4) is 0 Å². The van der Waals surface area contributed by atoms with Gasteiger partial charge in [-0.3, -0.25) is 9.48 Å². The minimum Gasteiger partial charge on any atom is -0.372 e. The highest BCUT2D eigenvalue weighted by Gasteiger charge is 2.34. The Labute approximate surface area is 170 Å². The van der Waals surface area contributed by atoms with E-state index >= 15 is 0 Å². The van der Waals surface area contributed by atoms with Gasteiger partial charge in [-0.15, -0.1) is 0 Å². The molecule has 6 heteroatoms. The third-order valence-corrected chi connectivity index (χ3v) is 5.31. The van der Waals surface area contributed by atoms with Crippen LogP contribution in [0.5, 0.6) is 0 Å². The molecule has 0 spiro atoms. The van der Waals surface area contributed by atoms with Crippen molar-refractivity contribution in [1.29, 1.82) is 0 Å². The maximum Gasteiger partial charge on any atom is 0.229 e. The first kappa shape index (κ1) is 19.4. The fourth-order valence-electron chi connectivity index (χ4n) is 3.72. The molecule has 1 aliphatic heterocycles. The van der Waals surface area contributed by atoms with Gasteiger partial charge in [0, 0.05) is 37.9 Å². The molecule has 0 aliphatic carbocycles. The van der Waals surface area contributed by atoms with Gasteiger partial charge in [-0.2, -0.15) is 5.10 Å². The fraction of sp³-hybridized carbons (Fsp3) is 0.304. The number of anilines is 1. The number of nitrogens with one attached hydrogen (secondary N) is 2. The topological polar surface area (TPSA) is 68.2 Å². The Bertz CT molecular complexity index is 937. The number of aryl methyl sites for hydroxylation is 1. The normalized spacial score (nSPS) is 18.7. The first-order valence-corrected chi connectivity index (χ1v) is 9.90. The van der Waals surface area contributed by atoms with Crippen LogP contribution in [0.2, 0.25) is 0 Å². The van der Waals surface area contributed by atoms with E-state index in [4.69, 9.17) is 4.74 Å². The van der Waals surface area contributed by atoms with Gasteiger partial charge in [-0.05, 0) is 28.8 Å². The van der Waals surface area contributed by atoms with Gasteiger partial charge in [0.1, 0.15) is 0 Å². The largest absolute Gasteiger partial charge is 0.372 e. The summed E-state index contributed by atoms with van der Waals surface area (Å²) < 4.78 is 7.55. The molecule has 1 fully saturated rings. The smallest absolute Gasteiger partial charge is 0.229 e. The van der Waals surface area contributed by atoms with Crippen molar-refractivity contribution in [3.05, 3.63) is 83.7 Å². The van der Waals surface area contributed by atoms with Crippen LogP contribution in [-0.2, 0) is 29.8 Å². The summed E-state index contributed by atoms with van der Waals surface area (Å²) in [4.78, 5) is 12.8. The molecule has 0 bridgehead atoms. The van der Waals surface area contributed by atoms with Gasteiger partial charge in [0.2, 0.25) is 5.91 Å². The maximum atomic E-state index is 12.8. The van der Waals surface area contributed by atoms with E-state index in [0.29, 0.717) is 19.8 Å². The Morgan fingerprint density at radius 3 is 2.52 bits per heavy atom. The average molecular weight is 390 g/mol. The second-order valence-electron chi connectivity index (χ2n) is 7.48. The molecule has 4 rings (SSSR count). The van der Waals surface area contributed by atoms with Gasteiger partial charge < -0.3 is 15.4 Å². The predicted molar refractivity (Wildman–Crippen MR) is 112 cm³/mol. The van der Waals surface area contributed by atoms with Gasteiger partial charge in [-0.25, -0.2) is 0 Å². The minimum absolute atomic E-state index is 0.0388. The van der Waals surface area contributed by atoms with Crippen molar-refractivity contribution in [2.75, 3.05) is 18.4 Å². The zero-order valence-corrected chi connectivity index (χ0v) is 16.5. The third-order valence-electron chi connectivity index (χ3n) is 5.31. The molecule has 2 N–H and O–H groups in total. The van der Waals surface area contributed by atoms with Crippen molar-refractivity contribution < 1.29 is 9.53 Å². The highest BCUT2D eigenvalue weighted by Crippen LogP contribution is 2.29. The first-order valence-electron chi connectivity index (χ1n) is 9.90. The van der Waals surface area contributed by atoms with E-state index in [1.165, 1.54) is 0 Å². The van der Waals surface area contributed by atoms with E-state index in [9.17, 15) is 4.79 Å². The van der Waals surface area contributed by atoms with E-state index in [1.807, 2.05) is 61.9 Å². The number of carbonyl (C=O) groups is 1. The molecule has 1 saturated heterocycles. The summed E-state index contributed by atoms with van der Waals surface area (Å²) in [6.45, 7) is 2.60. The predicted octanol–water partition coefficient (Wildman–Crippen LogP) is 3.08. The van der Waals surface area contributed by atoms with E-state index in [1.54, 1.807) is 4.68 Å². The van der Waals surface area contributed by atoms with Crippen LogP contribution < -0.4 is 10.6 Å². The molecule has 0 radical (unpaired) electrons. The van der Waals surface area contributed by atoms with Crippen molar-refractivity contribution >= 4 is 11.6 Å². The van der Waals surface area contributed by atoms with Crippen LogP contribution in [0, 0.1) is 5.92 Å². The molecule has 3 aromatic rings. The number of carbonyl (C=O) groups excluding carboxylic acids is 1. The molecular weight excluding hydrogens is 364 g/mol. The van der Waals surface area contributed by atoms with Crippen LogP contribution in [0.4, 0.5) is 5.69 Å². The Kier molecular flexibility index (Phi) is 6.03. The second-order valence-corrected chi connectivity index (χ2v) is 7.48. The molecular formula is C23H26N4O2. The summed E-state index contributed by atoms with van der Waals surface area (Å²) in [5.74, 6) is 0.0828. The first-order chi connectivity index (χ1) is 14.2. The monoisotopic (exact) mass is 390 g/mol. The summed E-state index contributed by atoms with van der Waals surface area (Å²) in [5, 5.41) is 10.6. The number of rotatable bonds is 7. The summed E-state index contributed by atoms with van der Waals surface area (Å²) in [5.41, 5.74) is 4.14. The Hall–Kier alpha value is -2.96. The zero-order valence-electron chi connectivity index (χ0n) is 16.5. The summed E-state index contributed by atoms with van der Waals surface area (Å²) >= 11 is 0. The lowest BCUT2D eigenvalue weighted by Crippen LogP contribution is -2.28. The highest BCUT2D eigenvalue weighted by molar-refractivity contribution is 5.93. The quantitative estimate of drug-likeness (QED) is 0.651. The van der Waals surface area contributed by atoms with Gasteiger partial charge in [-0.1, -0.05) is 42.5 Å². The van der Waals surface area contributed by atoms with Crippen molar-refractivity contribution in [1.82, 2.24) is 15.1 Å². The molecule has 1 amide bonds. The average Bonchev–Trinajstić information content (AvgIpc) is 3.39. The molecule has 2 aromatic carbocycles. The van der Waals surface area contributed by atoms with Crippen molar-refractivity contribution in [3.63, 3.8) is 0 Å². The van der Waals surface area contributed by atoms with Crippen molar-refractivity contribution in [3.8, 4) is 0 Å². The molecule has 29 heavy (non-hydrogen) atoms. The lowest BCUT2D eigenvalue weighted by molar-refractivity contribution is -0.119. The molecule has 1 aliphatic rings. The van der Waals surface area contributed by atoms with Crippen LogP contribution in [0.15, 0.2) is 67.0 Å². The summed E-state index contributed by atoms with van der Waals surface area (Å²) in [6, 6.07) is 18.0. The standard InChI is InChI=1S/C23H26N4O2/c1-27-14-19(11-25-27)21-12-24-13-22(21)23(28)26-20-9-7-18(8-10-20)16-29-15-17-5-3-2-4-6-17/h2-11,14,21-22,24H,12-13,15-16H2,1H3,(H,26,28)/t21-,22+/m1/s1. The number of nitrogens with zero attached hydrogens (tertiary/aromatic N) is 2. The van der Waals surface area contributed by atoms with Gasteiger partial charge in [0.25, 0.3) is 0 Å². The van der Waals surface area contributed by atoms with Crippen molar-refractivity contribution in [2.45, 2.75) is 19.1 Å².